The normalized spacial score (nSPS) is 15.4. The molecule has 3 rings (SSSR count). The molecule has 0 spiro atoms. The van der Waals surface area contributed by atoms with E-state index in [4.69, 9.17) is 12.2 Å². The summed E-state index contributed by atoms with van der Waals surface area (Å²) in [6.07, 6.45) is 3.91. The van der Waals surface area contributed by atoms with Gasteiger partial charge < -0.3 is 0 Å². The van der Waals surface area contributed by atoms with E-state index in [1.54, 1.807) is 23.0 Å². The summed E-state index contributed by atoms with van der Waals surface area (Å²) in [4.78, 5) is 0. The van der Waals surface area contributed by atoms with E-state index in [1.807, 2.05) is 0 Å². The van der Waals surface area contributed by atoms with Crippen molar-refractivity contribution in [2.45, 2.75) is 18.8 Å². The Morgan fingerprint density at radius 1 is 1.39 bits per heavy atom. The molecular weight excluding hydrogens is 251 g/mol. The van der Waals surface area contributed by atoms with Crippen LogP contribution in [0.2, 0.25) is 0 Å². The Balaban J connectivity index is 1.89. The largest absolute Gasteiger partial charge is 0.250 e. The van der Waals surface area contributed by atoms with Gasteiger partial charge in [0.05, 0.1) is 6.21 Å². The molecule has 1 aromatic heterocycles. The van der Waals surface area contributed by atoms with Gasteiger partial charge in [0, 0.05) is 5.92 Å². The summed E-state index contributed by atoms with van der Waals surface area (Å²) in [6.45, 7) is 0. The molecule has 1 fully saturated rings. The van der Waals surface area contributed by atoms with Crippen molar-refractivity contribution >= 4 is 18.4 Å². The number of nitrogens with zero attached hydrogens (tertiary/aromatic N) is 3. The quantitative estimate of drug-likeness (QED) is 0.683. The molecule has 1 heterocycles. The van der Waals surface area contributed by atoms with Gasteiger partial charge in [-0.3, -0.25) is 5.10 Å². The topological polar surface area (TPSA) is 46.0 Å². The van der Waals surface area contributed by atoms with Gasteiger partial charge in [0.15, 0.2) is 5.82 Å². The molecule has 4 nitrogen and oxygen atoms in total. The lowest BCUT2D eigenvalue weighted by Crippen LogP contribution is -1.97. The van der Waals surface area contributed by atoms with Crippen molar-refractivity contribution in [3.8, 4) is 0 Å². The fourth-order valence-corrected chi connectivity index (χ4v) is 1.88. The molecule has 0 aliphatic heterocycles. The SMILES string of the molecule is Fc1ccc(/C=N\n2c(C3CC3)n[nH]c2=S)cc1. The molecule has 18 heavy (non-hydrogen) atoms. The van der Waals surface area contributed by atoms with Crippen LogP contribution < -0.4 is 0 Å². The molecule has 1 aromatic carbocycles. The van der Waals surface area contributed by atoms with E-state index in [9.17, 15) is 4.39 Å². The summed E-state index contributed by atoms with van der Waals surface area (Å²) >= 11 is 5.13. The van der Waals surface area contributed by atoms with Crippen molar-refractivity contribution in [3.05, 3.63) is 46.2 Å². The third-order valence-electron chi connectivity index (χ3n) is 2.81. The van der Waals surface area contributed by atoms with Gasteiger partial charge in [0.25, 0.3) is 0 Å². The van der Waals surface area contributed by atoms with E-state index in [2.05, 4.69) is 15.3 Å². The standard InChI is InChI=1S/C12H11FN4S/c13-10-5-1-8(2-6-10)7-14-17-11(9-3-4-9)15-16-12(17)18/h1-2,5-7,9H,3-4H2,(H,16,18)/b14-7-. The van der Waals surface area contributed by atoms with Gasteiger partial charge in [0.2, 0.25) is 4.77 Å². The number of aromatic amines is 1. The Bertz CT molecular complexity index is 637. The van der Waals surface area contributed by atoms with Gasteiger partial charge in [-0.05, 0) is 42.8 Å². The molecule has 0 saturated heterocycles. The third-order valence-corrected chi connectivity index (χ3v) is 3.07. The molecule has 2 aromatic rings. The monoisotopic (exact) mass is 262 g/mol. The summed E-state index contributed by atoms with van der Waals surface area (Å²) in [6, 6.07) is 6.13. The molecule has 92 valence electrons. The van der Waals surface area contributed by atoms with E-state index in [0.29, 0.717) is 10.7 Å². The number of rotatable bonds is 3. The van der Waals surface area contributed by atoms with Crippen LogP contribution in [0.4, 0.5) is 4.39 Å². The molecule has 0 unspecified atom stereocenters. The highest BCUT2D eigenvalue weighted by Crippen LogP contribution is 2.38. The predicted octanol–water partition coefficient (Wildman–Crippen LogP) is 2.84. The smallest absolute Gasteiger partial charge is 0.216 e. The van der Waals surface area contributed by atoms with Gasteiger partial charge >= 0.3 is 0 Å². The maximum atomic E-state index is 12.8. The summed E-state index contributed by atoms with van der Waals surface area (Å²) in [5, 5.41) is 11.2. The molecule has 1 aliphatic carbocycles. The number of aromatic nitrogens is 3. The van der Waals surface area contributed by atoms with Crippen LogP contribution in [0, 0.1) is 10.6 Å². The van der Waals surface area contributed by atoms with Crippen LogP contribution in [0.1, 0.15) is 30.1 Å². The van der Waals surface area contributed by atoms with Gasteiger partial charge in [-0.25, -0.2) is 4.39 Å². The Labute approximate surface area is 108 Å². The van der Waals surface area contributed by atoms with Crippen LogP contribution in [0.15, 0.2) is 29.4 Å². The second-order valence-electron chi connectivity index (χ2n) is 4.27. The molecule has 0 bridgehead atoms. The van der Waals surface area contributed by atoms with Crippen molar-refractivity contribution in [2.75, 3.05) is 0 Å². The second-order valence-corrected chi connectivity index (χ2v) is 4.66. The van der Waals surface area contributed by atoms with Crippen LogP contribution in [0.25, 0.3) is 0 Å². The third kappa shape index (κ3) is 2.24. The van der Waals surface area contributed by atoms with Gasteiger partial charge in [-0.2, -0.15) is 14.9 Å². The first kappa shape index (κ1) is 11.3. The highest BCUT2D eigenvalue weighted by atomic mass is 32.1. The van der Waals surface area contributed by atoms with Crippen LogP contribution >= 0.6 is 12.2 Å². The van der Waals surface area contributed by atoms with Crippen molar-refractivity contribution in [1.82, 2.24) is 14.9 Å². The fourth-order valence-electron chi connectivity index (χ4n) is 1.69. The van der Waals surface area contributed by atoms with Gasteiger partial charge in [-0.1, -0.05) is 12.1 Å². The lowest BCUT2D eigenvalue weighted by atomic mass is 10.2. The molecule has 6 heteroatoms. The van der Waals surface area contributed by atoms with Crippen molar-refractivity contribution in [2.24, 2.45) is 5.10 Å². The first-order valence-electron chi connectivity index (χ1n) is 5.71. The Morgan fingerprint density at radius 3 is 2.78 bits per heavy atom. The van der Waals surface area contributed by atoms with Crippen molar-refractivity contribution in [1.29, 1.82) is 0 Å². The fraction of sp³-hybridized carbons (Fsp3) is 0.250. The minimum absolute atomic E-state index is 0.259. The molecule has 0 atom stereocenters. The van der Waals surface area contributed by atoms with Crippen LogP contribution in [-0.4, -0.2) is 21.1 Å². The summed E-state index contributed by atoms with van der Waals surface area (Å²) < 4.78 is 14.9. The van der Waals surface area contributed by atoms with E-state index < -0.39 is 0 Å². The highest BCUT2D eigenvalue weighted by Gasteiger charge is 2.29. The predicted molar refractivity (Wildman–Crippen MR) is 68.8 cm³/mol. The average Bonchev–Trinajstić information content (AvgIpc) is 3.14. The lowest BCUT2D eigenvalue weighted by molar-refractivity contribution is 0.628. The molecule has 1 N–H and O–H groups in total. The minimum Gasteiger partial charge on any atom is -0.250 e. The van der Waals surface area contributed by atoms with Crippen molar-refractivity contribution < 1.29 is 4.39 Å². The van der Waals surface area contributed by atoms with Crippen LogP contribution in [0.3, 0.4) is 0 Å². The summed E-state index contributed by atoms with van der Waals surface area (Å²) in [7, 11) is 0. The second kappa shape index (κ2) is 4.45. The van der Waals surface area contributed by atoms with E-state index in [0.717, 1.165) is 24.2 Å². The molecule has 1 saturated carbocycles. The minimum atomic E-state index is -0.259. The maximum Gasteiger partial charge on any atom is 0.216 e. The first-order chi connectivity index (χ1) is 8.74. The van der Waals surface area contributed by atoms with Gasteiger partial charge in [-0.15, -0.1) is 0 Å². The number of halogens is 1. The lowest BCUT2D eigenvalue weighted by Gasteiger charge is -1.97. The molecule has 0 radical (unpaired) electrons. The number of benzene rings is 1. The average molecular weight is 262 g/mol. The highest BCUT2D eigenvalue weighted by molar-refractivity contribution is 7.71. The number of H-pyrrole nitrogens is 1. The van der Waals surface area contributed by atoms with Gasteiger partial charge in [0.1, 0.15) is 5.82 Å². The maximum absolute atomic E-state index is 12.8. The van der Waals surface area contributed by atoms with E-state index in [-0.39, 0.29) is 5.82 Å². The number of hydrogen-bond acceptors (Lipinski definition) is 3. The Morgan fingerprint density at radius 2 is 2.11 bits per heavy atom. The van der Waals surface area contributed by atoms with Crippen LogP contribution in [0.5, 0.6) is 0 Å². The Kier molecular flexibility index (Phi) is 2.79. The Hall–Kier alpha value is -1.82. The number of hydrogen-bond donors (Lipinski definition) is 1. The first-order valence-corrected chi connectivity index (χ1v) is 6.12. The molecule has 1 aliphatic rings. The van der Waals surface area contributed by atoms with Crippen LogP contribution in [-0.2, 0) is 0 Å². The summed E-state index contributed by atoms with van der Waals surface area (Å²) in [5.74, 6) is 1.08. The summed E-state index contributed by atoms with van der Waals surface area (Å²) in [5.41, 5.74) is 0.821. The zero-order valence-electron chi connectivity index (χ0n) is 9.51. The zero-order chi connectivity index (χ0) is 12.5. The van der Waals surface area contributed by atoms with E-state index in [1.165, 1.54) is 12.1 Å². The molecule has 0 amide bonds. The van der Waals surface area contributed by atoms with E-state index >= 15 is 0 Å². The zero-order valence-corrected chi connectivity index (χ0v) is 10.3. The molecular formula is C12H11FN4S. The van der Waals surface area contributed by atoms with Crippen molar-refractivity contribution in [3.63, 3.8) is 0 Å². The number of nitrogens with one attached hydrogen (secondary N) is 1.